The predicted octanol–water partition coefficient (Wildman–Crippen LogP) is 15.3. The van der Waals surface area contributed by atoms with Crippen LogP contribution < -0.4 is 31.1 Å². The van der Waals surface area contributed by atoms with Gasteiger partial charge in [-0.3, -0.25) is 0 Å². The number of hydrogen-bond donors (Lipinski definition) is 0. The second-order valence-electron chi connectivity index (χ2n) is 20.4. The summed E-state index contributed by atoms with van der Waals surface area (Å²) in [5.41, 5.74) is 21.8. The summed E-state index contributed by atoms with van der Waals surface area (Å²) < 4.78 is 13.4. The Balaban J connectivity index is 1.03. The van der Waals surface area contributed by atoms with E-state index in [1.165, 1.54) is 92.0 Å². The fourth-order valence-corrected chi connectivity index (χ4v) is 13.5. The third-order valence-electron chi connectivity index (χ3n) is 16.8. The summed E-state index contributed by atoms with van der Waals surface area (Å²) in [5, 5.41) is 4.46. The highest BCUT2D eigenvalue weighted by molar-refractivity contribution is 7.00. The molecule has 11 aromatic rings. The van der Waals surface area contributed by atoms with Crippen LogP contribution in [0.25, 0.3) is 55.0 Å². The van der Waals surface area contributed by atoms with Gasteiger partial charge in [0.05, 0.1) is 11.2 Å². The van der Waals surface area contributed by atoms with Crippen LogP contribution in [-0.2, 0) is 5.41 Å². The summed E-state index contributed by atoms with van der Waals surface area (Å²) in [7, 11) is 0. The molecule has 0 spiro atoms. The van der Waals surface area contributed by atoms with Crippen LogP contribution >= 0.6 is 0 Å². The highest BCUT2D eigenvalue weighted by atomic mass is 16.3. The van der Waals surface area contributed by atoms with Gasteiger partial charge in [0.1, 0.15) is 16.7 Å². The third kappa shape index (κ3) is 5.26. The SMILES string of the molecule is Cc1cc2c3c(c1)N(c1cccc4c1oc1ccccc14)c1cc(N4c5ccccc5C5(C)CCCCC45C)ccc1B3c1ccc(-c3ccccc3)cc1N2c1ccc2oc3ccccc3c2c1. The smallest absolute Gasteiger partial charge is 0.252 e. The van der Waals surface area contributed by atoms with Crippen LogP contribution in [0.5, 0.6) is 0 Å². The lowest BCUT2D eigenvalue weighted by atomic mass is 9.33. The molecule has 6 heteroatoms. The summed E-state index contributed by atoms with van der Waals surface area (Å²) >= 11 is 0. The molecular formula is C63H48BN3O2. The topological polar surface area (TPSA) is 36.0 Å². The summed E-state index contributed by atoms with van der Waals surface area (Å²) in [5.74, 6) is 0. The summed E-state index contributed by atoms with van der Waals surface area (Å²) in [6.45, 7) is 7.26. The zero-order chi connectivity index (χ0) is 45.8. The van der Waals surface area contributed by atoms with Gasteiger partial charge in [-0.2, -0.15) is 0 Å². The Morgan fingerprint density at radius 2 is 1.09 bits per heavy atom. The van der Waals surface area contributed by atoms with Gasteiger partial charge in [-0.05, 0) is 138 Å². The van der Waals surface area contributed by atoms with E-state index in [0.717, 1.165) is 61.7 Å². The highest BCUT2D eigenvalue weighted by Crippen LogP contribution is 2.61. The largest absolute Gasteiger partial charge is 0.456 e. The van der Waals surface area contributed by atoms with E-state index in [2.05, 4.69) is 217 Å². The van der Waals surface area contributed by atoms with Crippen molar-refractivity contribution in [3.63, 3.8) is 0 Å². The lowest BCUT2D eigenvalue weighted by molar-refractivity contribution is 0.195. The van der Waals surface area contributed by atoms with E-state index < -0.39 is 0 Å². The van der Waals surface area contributed by atoms with E-state index in [1.54, 1.807) is 0 Å². The van der Waals surface area contributed by atoms with E-state index >= 15 is 0 Å². The van der Waals surface area contributed by atoms with Crippen LogP contribution in [0.4, 0.5) is 45.5 Å². The molecule has 2 unspecified atom stereocenters. The maximum Gasteiger partial charge on any atom is 0.252 e. The van der Waals surface area contributed by atoms with E-state index in [-0.39, 0.29) is 17.7 Å². The average Bonchev–Trinajstić information content (AvgIpc) is 4.02. The lowest BCUT2D eigenvalue weighted by Gasteiger charge is -2.50. The van der Waals surface area contributed by atoms with Crippen molar-refractivity contribution in [3.05, 3.63) is 199 Å². The minimum absolute atomic E-state index is 0.0317. The standard InChI is InChI=1S/C63H48BN3O2/c1-39-34-55-60-56(35-39)66(52-23-15-20-46-44-18-7-12-25-58(44)69-61(46)52)54-38-43(67-51-22-10-9-21-48(51)62(2)32-13-14-33-63(62,67)3)27-30-50(54)64(60)49-29-26-41(40-16-5-4-6-17-40)36-53(49)65(55)42-28-31-59-47(37-42)45-19-8-11-24-57(45)68-59/h4-12,15-31,34-38H,13-14,32-33H2,1-3H3. The molecule has 0 N–H and O–H groups in total. The highest BCUT2D eigenvalue weighted by Gasteiger charge is 2.58. The molecule has 0 radical (unpaired) electrons. The van der Waals surface area contributed by atoms with Crippen molar-refractivity contribution in [2.24, 2.45) is 0 Å². The third-order valence-corrected chi connectivity index (χ3v) is 16.8. The Bertz CT molecular complexity index is 3960. The van der Waals surface area contributed by atoms with E-state index in [0.29, 0.717) is 0 Å². The van der Waals surface area contributed by atoms with Crippen LogP contribution in [0.2, 0.25) is 0 Å². The van der Waals surface area contributed by atoms with Crippen molar-refractivity contribution in [1.82, 2.24) is 0 Å². The van der Waals surface area contributed by atoms with Gasteiger partial charge >= 0.3 is 0 Å². The van der Waals surface area contributed by atoms with Gasteiger partial charge in [0, 0.05) is 66.8 Å². The molecule has 15 rings (SSSR count). The first-order chi connectivity index (χ1) is 33.9. The van der Waals surface area contributed by atoms with Crippen molar-refractivity contribution < 1.29 is 8.83 Å². The molecule has 1 aliphatic carbocycles. The van der Waals surface area contributed by atoms with Gasteiger partial charge in [0.25, 0.3) is 6.71 Å². The van der Waals surface area contributed by atoms with Gasteiger partial charge in [-0.1, -0.05) is 135 Å². The van der Waals surface area contributed by atoms with Crippen molar-refractivity contribution >= 4 is 112 Å². The molecule has 2 aromatic heterocycles. The zero-order valence-corrected chi connectivity index (χ0v) is 39.0. The van der Waals surface area contributed by atoms with Crippen LogP contribution in [-0.4, -0.2) is 12.3 Å². The molecule has 3 aliphatic heterocycles. The number of hydrogen-bond acceptors (Lipinski definition) is 5. The number of fused-ring (bicyclic) bond motifs is 13. The number of anilines is 8. The molecule has 0 saturated heterocycles. The molecule has 5 heterocycles. The Hall–Kier alpha value is -7.96. The molecule has 330 valence electrons. The fourth-order valence-electron chi connectivity index (χ4n) is 13.5. The first-order valence-corrected chi connectivity index (χ1v) is 24.7. The van der Waals surface area contributed by atoms with E-state index in [9.17, 15) is 0 Å². The van der Waals surface area contributed by atoms with Crippen LogP contribution in [0.1, 0.15) is 50.7 Å². The monoisotopic (exact) mass is 889 g/mol. The maximum atomic E-state index is 6.97. The van der Waals surface area contributed by atoms with Gasteiger partial charge < -0.3 is 23.5 Å². The Kier molecular flexibility index (Phi) is 7.96. The first-order valence-electron chi connectivity index (χ1n) is 24.7. The molecule has 1 saturated carbocycles. The molecule has 4 aliphatic rings. The average molecular weight is 890 g/mol. The lowest BCUT2D eigenvalue weighted by Crippen LogP contribution is -2.61. The Morgan fingerprint density at radius 1 is 0.449 bits per heavy atom. The van der Waals surface area contributed by atoms with Gasteiger partial charge in [0.2, 0.25) is 0 Å². The summed E-state index contributed by atoms with van der Waals surface area (Å²) in [6, 6.07) is 69.7. The van der Waals surface area contributed by atoms with Crippen LogP contribution in [0.3, 0.4) is 0 Å². The zero-order valence-electron chi connectivity index (χ0n) is 39.0. The quantitative estimate of drug-likeness (QED) is 0.165. The number of rotatable bonds is 4. The second kappa shape index (κ2) is 14.1. The maximum absolute atomic E-state index is 6.97. The molecule has 1 fully saturated rings. The number of benzene rings is 9. The molecule has 0 bridgehead atoms. The van der Waals surface area contributed by atoms with Crippen molar-refractivity contribution in [2.75, 3.05) is 14.7 Å². The van der Waals surface area contributed by atoms with E-state index in [4.69, 9.17) is 8.83 Å². The van der Waals surface area contributed by atoms with Crippen molar-refractivity contribution in [2.45, 2.75) is 57.4 Å². The molecule has 5 nitrogen and oxygen atoms in total. The predicted molar refractivity (Wildman–Crippen MR) is 288 cm³/mol. The van der Waals surface area contributed by atoms with Crippen LogP contribution in [0.15, 0.2) is 197 Å². The number of nitrogens with zero attached hydrogens (tertiary/aromatic N) is 3. The number of furan rings is 2. The van der Waals surface area contributed by atoms with E-state index in [1.807, 2.05) is 6.07 Å². The molecule has 9 aromatic carbocycles. The molecule has 0 amide bonds. The Morgan fingerprint density at radius 3 is 1.93 bits per heavy atom. The number of aryl methyl sites for hydroxylation is 1. The molecule has 69 heavy (non-hydrogen) atoms. The minimum Gasteiger partial charge on any atom is -0.456 e. The summed E-state index contributed by atoms with van der Waals surface area (Å²) in [6.07, 6.45) is 4.80. The summed E-state index contributed by atoms with van der Waals surface area (Å²) in [4.78, 5) is 7.79. The molecule has 2 atom stereocenters. The Labute approximate surface area is 401 Å². The minimum atomic E-state index is -0.0870. The normalized spacial score (nSPS) is 19.0. The van der Waals surface area contributed by atoms with Crippen LogP contribution in [0, 0.1) is 6.92 Å². The van der Waals surface area contributed by atoms with Crippen molar-refractivity contribution in [3.8, 4) is 11.1 Å². The van der Waals surface area contributed by atoms with Gasteiger partial charge in [-0.25, -0.2) is 0 Å². The first kappa shape index (κ1) is 39.1. The van der Waals surface area contributed by atoms with Gasteiger partial charge in [0.15, 0.2) is 5.58 Å². The van der Waals surface area contributed by atoms with Crippen molar-refractivity contribution in [1.29, 1.82) is 0 Å². The van der Waals surface area contributed by atoms with Gasteiger partial charge in [-0.15, -0.1) is 0 Å². The number of para-hydroxylation sites is 4. The fraction of sp³-hybridized carbons (Fsp3) is 0.143. The molecular weight excluding hydrogens is 842 g/mol. The second-order valence-corrected chi connectivity index (χ2v) is 20.4.